The van der Waals surface area contributed by atoms with Gasteiger partial charge in [0.05, 0.1) is 32.1 Å². The van der Waals surface area contributed by atoms with Crippen LogP contribution in [0.5, 0.6) is 5.75 Å². The van der Waals surface area contributed by atoms with Crippen molar-refractivity contribution >= 4 is 23.4 Å². The summed E-state index contributed by atoms with van der Waals surface area (Å²) in [7, 11) is 1.62. The van der Waals surface area contributed by atoms with Crippen LogP contribution in [0.3, 0.4) is 0 Å². The lowest BCUT2D eigenvalue weighted by atomic mass is 10.1. The number of anilines is 2. The van der Waals surface area contributed by atoms with Gasteiger partial charge >= 0.3 is 0 Å². The zero-order chi connectivity index (χ0) is 18.6. The number of aromatic nitrogens is 3. The number of aryl methyl sites for hydroxylation is 1. The fourth-order valence-electron chi connectivity index (χ4n) is 2.52. The highest BCUT2D eigenvalue weighted by atomic mass is 35.5. The highest BCUT2D eigenvalue weighted by Gasteiger charge is 2.17. The zero-order valence-corrected chi connectivity index (χ0v) is 15.1. The molecule has 1 atom stereocenters. The highest BCUT2D eigenvalue weighted by molar-refractivity contribution is 6.30. The van der Waals surface area contributed by atoms with Crippen molar-refractivity contribution < 1.29 is 14.9 Å². The van der Waals surface area contributed by atoms with E-state index in [4.69, 9.17) is 27.2 Å². The number of nitrogens with one attached hydrogen (secondary N) is 1. The second kappa shape index (κ2) is 8.28. The molecule has 25 heavy (non-hydrogen) atoms. The Labute approximate surface area is 151 Å². The lowest BCUT2D eigenvalue weighted by Crippen LogP contribution is -2.18. The number of nitrogens with zero attached hydrogens (tertiary/aromatic N) is 3. The van der Waals surface area contributed by atoms with Crippen LogP contribution in [0.2, 0.25) is 5.15 Å². The van der Waals surface area contributed by atoms with E-state index in [2.05, 4.69) is 20.3 Å². The monoisotopic (exact) mass is 367 g/mol. The first kappa shape index (κ1) is 19.2. The van der Waals surface area contributed by atoms with Crippen molar-refractivity contribution in [3.05, 3.63) is 33.7 Å². The van der Waals surface area contributed by atoms with Crippen LogP contribution in [0.1, 0.15) is 22.4 Å². The van der Waals surface area contributed by atoms with E-state index in [0.717, 1.165) is 22.6 Å². The predicted octanol–water partition coefficient (Wildman–Crippen LogP) is 1.24. The van der Waals surface area contributed by atoms with E-state index in [0.29, 0.717) is 17.9 Å². The lowest BCUT2D eigenvalue weighted by Gasteiger charge is -2.16. The van der Waals surface area contributed by atoms with Crippen LogP contribution in [-0.2, 0) is 13.0 Å². The number of nitrogens with two attached hydrogens (primary N) is 1. The third-order valence-electron chi connectivity index (χ3n) is 3.80. The molecule has 0 amide bonds. The van der Waals surface area contributed by atoms with Gasteiger partial charge in [-0.25, -0.2) is 4.98 Å². The van der Waals surface area contributed by atoms with Gasteiger partial charge in [-0.15, -0.1) is 0 Å². The van der Waals surface area contributed by atoms with Crippen molar-refractivity contribution in [2.24, 2.45) is 0 Å². The van der Waals surface area contributed by atoms with Crippen LogP contribution < -0.4 is 15.8 Å². The number of hydrogen-bond donors (Lipinski definition) is 4. The minimum absolute atomic E-state index is 0.0147. The molecule has 2 heterocycles. The van der Waals surface area contributed by atoms with E-state index in [1.54, 1.807) is 13.3 Å². The summed E-state index contributed by atoms with van der Waals surface area (Å²) >= 11 is 6.12. The first-order valence-electron chi connectivity index (χ1n) is 7.71. The number of nitrogen functional groups attached to an aromatic ring is 1. The number of pyridine rings is 1. The van der Waals surface area contributed by atoms with Gasteiger partial charge in [-0.1, -0.05) is 11.6 Å². The third-order valence-corrected chi connectivity index (χ3v) is 4.11. The smallest absolute Gasteiger partial charge is 0.223 e. The molecule has 2 aromatic rings. The molecule has 0 aliphatic heterocycles. The highest BCUT2D eigenvalue weighted by Crippen LogP contribution is 2.27. The van der Waals surface area contributed by atoms with Gasteiger partial charge in [0.2, 0.25) is 5.95 Å². The summed E-state index contributed by atoms with van der Waals surface area (Å²) in [6, 6.07) is 0. The average Bonchev–Trinajstić information content (AvgIpc) is 2.57. The minimum Gasteiger partial charge on any atom is -0.496 e. The summed E-state index contributed by atoms with van der Waals surface area (Å²) in [6.45, 7) is 3.82. The van der Waals surface area contributed by atoms with E-state index in [9.17, 15) is 5.11 Å². The van der Waals surface area contributed by atoms with Gasteiger partial charge in [-0.05, 0) is 13.8 Å². The largest absolute Gasteiger partial charge is 0.496 e. The zero-order valence-electron chi connectivity index (χ0n) is 14.4. The molecule has 136 valence electrons. The lowest BCUT2D eigenvalue weighted by molar-refractivity contribution is 0.0955. The first-order valence-corrected chi connectivity index (χ1v) is 8.08. The number of methoxy groups -OCH3 is 1. The molecular weight excluding hydrogens is 346 g/mol. The molecule has 0 bridgehead atoms. The van der Waals surface area contributed by atoms with Crippen LogP contribution in [0.25, 0.3) is 0 Å². The maximum absolute atomic E-state index is 9.71. The van der Waals surface area contributed by atoms with Crippen LogP contribution in [0, 0.1) is 13.8 Å². The van der Waals surface area contributed by atoms with Crippen molar-refractivity contribution in [3.63, 3.8) is 0 Å². The van der Waals surface area contributed by atoms with Crippen molar-refractivity contribution in [1.29, 1.82) is 0 Å². The maximum atomic E-state index is 9.71. The Hall–Kier alpha value is -2.16. The second-order valence-electron chi connectivity index (χ2n) is 5.64. The molecule has 0 spiro atoms. The molecule has 0 aliphatic rings. The van der Waals surface area contributed by atoms with Gasteiger partial charge in [0, 0.05) is 29.3 Å². The Morgan fingerprint density at radius 1 is 1.36 bits per heavy atom. The van der Waals surface area contributed by atoms with Gasteiger partial charge in [-0.3, -0.25) is 4.98 Å². The van der Waals surface area contributed by atoms with E-state index in [-0.39, 0.29) is 17.5 Å². The molecule has 9 heteroatoms. The van der Waals surface area contributed by atoms with Crippen molar-refractivity contribution in [2.75, 3.05) is 24.8 Å². The van der Waals surface area contributed by atoms with Gasteiger partial charge in [-0.2, -0.15) is 4.98 Å². The van der Waals surface area contributed by atoms with Gasteiger partial charge in [0.1, 0.15) is 16.7 Å². The van der Waals surface area contributed by atoms with E-state index in [1.165, 1.54) is 0 Å². The van der Waals surface area contributed by atoms with Gasteiger partial charge in [0.25, 0.3) is 0 Å². The number of hydrogen-bond acceptors (Lipinski definition) is 8. The summed E-state index contributed by atoms with van der Waals surface area (Å²) in [5, 5.41) is 22.0. The minimum atomic E-state index is -0.968. The van der Waals surface area contributed by atoms with Crippen molar-refractivity contribution in [2.45, 2.75) is 32.9 Å². The Morgan fingerprint density at radius 3 is 2.72 bits per heavy atom. The Balaban J connectivity index is 2.29. The molecule has 0 aliphatic carbocycles. The van der Waals surface area contributed by atoms with Crippen LogP contribution in [-0.4, -0.2) is 45.0 Å². The maximum Gasteiger partial charge on any atom is 0.223 e. The molecule has 5 N–H and O–H groups in total. The van der Waals surface area contributed by atoms with Crippen molar-refractivity contribution in [1.82, 2.24) is 15.0 Å². The second-order valence-corrected chi connectivity index (χ2v) is 6.00. The van der Waals surface area contributed by atoms with Crippen LogP contribution in [0.4, 0.5) is 11.8 Å². The normalized spacial score (nSPS) is 12.1. The molecule has 8 nitrogen and oxygen atoms in total. The summed E-state index contributed by atoms with van der Waals surface area (Å²) in [5.74, 6) is 1.19. The summed E-state index contributed by atoms with van der Waals surface area (Å²) in [4.78, 5) is 12.5. The summed E-state index contributed by atoms with van der Waals surface area (Å²) in [6.07, 6.45) is 0.868. The Kier molecular flexibility index (Phi) is 6.35. The Morgan fingerprint density at radius 2 is 2.08 bits per heavy atom. The predicted molar refractivity (Wildman–Crippen MR) is 95.8 cm³/mol. The molecule has 0 fully saturated rings. The summed E-state index contributed by atoms with van der Waals surface area (Å²) in [5.41, 5.74) is 8.79. The average molecular weight is 368 g/mol. The SMILES string of the molecule is COc1c(C)cnc(CNc2nc(N)nc(Cl)c2CC(O)CO)c1C. The fraction of sp³-hybridized carbons (Fsp3) is 0.438. The molecule has 2 rings (SSSR count). The molecule has 1 unspecified atom stereocenters. The van der Waals surface area contributed by atoms with E-state index >= 15 is 0 Å². The van der Waals surface area contributed by atoms with Crippen molar-refractivity contribution in [3.8, 4) is 5.75 Å². The topological polar surface area (TPSA) is 126 Å². The molecule has 0 aromatic carbocycles. The number of ether oxygens (including phenoxy) is 1. The molecule has 0 saturated heterocycles. The van der Waals surface area contributed by atoms with Crippen LogP contribution in [0.15, 0.2) is 6.20 Å². The molecular formula is C16H22ClN5O3. The molecule has 2 aromatic heterocycles. The number of aliphatic hydroxyl groups excluding tert-OH is 2. The van der Waals surface area contributed by atoms with Gasteiger partial charge < -0.3 is 26.0 Å². The third kappa shape index (κ3) is 4.47. The number of aliphatic hydroxyl groups is 2. The van der Waals surface area contributed by atoms with Gasteiger partial charge in [0.15, 0.2) is 0 Å². The van der Waals surface area contributed by atoms with E-state index < -0.39 is 12.7 Å². The standard InChI is InChI=1S/C16H22ClN5O3/c1-8-5-19-12(9(2)13(8)25-3)6-20-15-11(4-10(24)7-23)14(17)21-16(18)22-15/h5,10,23-24H,4,6-7H2,1-3H3,(H3,18,20,21,22). The molecule has 0 radical (unpaired) electrons. The van der Waals surface area contributed by atoms with E-state index in [1.807, 2.05) is 13.8 Å². The first-order chi connectivity index (χ1) is 11.9. The Bertz CT molecular complexity index is 757. The number of rotatable bonds is 7. The van der Waals surface area contributed by atoms with Crippen LogP contribution >= 0.6 is 11.6 Å². The summed E-state index contributed by atoms with van der Waals surface area (Å²) < 4.78 is 5.40. The fourth-order valence-corrected chi connectivity index (χ4v) is 2.77. The molecule has 0 saturated carbocycles. The number of halogens is 1. The quantitative estimate of drug-likeness (QED) is 0.538.